The van der Waals surface area contributed by atoms with Crippen molar-refractivity contribution >= 4 is 23.4 Å². The van der Waals surface area contributed by atoms with Gasteiger partial charge in [0.1, 0.15) is 5.82 Å². The predicted octanol–water partition coefficient (Wildman–Crippen LogP) is 3.96. The summed E-state index contributed by atoms with van der Waals surface area (Å²) in [6.45, 7) is 3.83. The molecule has 0 saturated heterocycles. The number of aromatic nitrogens is 3. The van der Waals surface area contributed by atoms with Crippen LogP contribution < -0.4 is 5.32 Å². The van der Waals surface area contributed by atoms with Gasteiger partial charge in [0, 0.05) is 11.3 Å². The van der Waals surface area contributed by atoms with Crippen molar-refractivity contribution in [2.45, 2.75) is 19.0 Å². The average molecular weight is 356 g/mol. The van der Waals surface area contributed by atoms with E-state index in [1.807, 2.05) is 38.1 Å². The van der Waals surface area contributed by atoms with Crippen molar-refractivity contribution in [3.63, 3.8) is 0 Å². The average Bonchev–Trinajstić information content (AvgIpc) is 3.06. The molecule has 2 N–H and O–H groups in total. The van der Waals surface area contributed by atoms with Crippen LogP contribution in [-0.4, -0.2) is 26.8 Å². The summed E-state index contributed by atoms with van der Waals surface area (Å²) in [6.07, 6.45) is 0. The summed E-state index contributed by atoms with van der Waals surface area (Å²) in [7, 11) is 0. The summed E-state index contributed by atoms with van der Waals surface area (Å²) in [5.74, 6) is 0.195. The molecule has 25 heavy (non-hydrogen) atoms. The Balaban J connectivity index is 1.59. The number of amides is 1. The Morgan fingerprint density at radius 2 is 1.92 bits per heavy atom. The molecule has 128 valence electrons. The highest BCUT2D eigenvalue weighted by atomic mass is 32.2. The van der Waals surface area contributed by atoms with Crippen LogP contribution in [0.4, 0.5) is 10.1 Å². The molecule has 2 aromatic carbocycles. The standard InChI is InChI=1S/C18H17FN4OS/c1-11-3-6-13(7-4-11)17-21-18(23-22-17)25-10-16(24)20-15-9-14(19)8-5-12(15)2/h3-9H,10H2,1-2H3,(H,20,24)(H,21,22,23). The van der Waals surface area contributed by atoms with Crippen molar-refractivity contribution < 1.29 is 9.18 Å². The number of rotatable bonds is 5. The second-order valence-electron chi connectivity index (χ2n) is 5.64. The van der Waals surface area contributed by atoms with E-state index in [2.05, 4.69) is 20.5 Å². The minimum absolute atomic E-state index is 0.151. The molecule has 0 fully saturated rings. The molecule has 7 heteroatoms. The van der Waals surface area contributed by atoms with E-state index in [4.69, 9.17) is 0 Å². The van der Waals surface area contributed by atoms with Crippen molar-refractivity contribution in [2.75, 3.05) is 11.1 Å². The number of nitrogens with one attached hydrogen (secondary N) is 2. The molecule has 0 aliphatic carbocycles. The third kappa shape index (κ3) is 4.45. The number of hydrogen-bond acceptors (Lipinski definition) is 4. The zero-order chi connectivity index (χ0) is 17.8. The van der Waals surface area contributed by atoms with Gasteiger partial charge in [0.05, 0.1) is 5.75 Å². The highest BCUT2D eigenvalue weighted by molar-refractivity contribution is 7.99. The predicted molar refractivity (Wildman–Crippen MR) is 97.0 cm³/mol. The largest absolute Gasteiger partial charge is 0.325 e. The van der Waals surface area contributed by atoms with Gasteiger partial charge in [-0.2, -0.15) is 0 Å². The molecular formula is C18H17FN4OS. The Labute approximate surface area is 149 Å². The number of nitrogens with zero attached hydrogens (tertiary/aromatic N) is 2. The van der Waals surface area contributed by atoms with Crippen LogP contribution >= 0.6 is 11.8 Å². The maximum atomic E-state index is 13.3. The smallest absolute Gasteiger partial charge is 0.234 e. The summed E-state index contributed by atoms with van der Waals surface area (Å²) in [5.41, 5.74) is 3.39. The highest BCUT2D eigenvalue weighted by Crippen LogP contribution is 2.21. The van der Waals surface area contributed by atoms with Crippen molar-refractivity contribution in [2.24, 2.45) is 0 Å². The first-order valence-corrected chi connectivity index (χ1v) is 8.68. The first-order chi connectivity index (χ1) is 12.0. The highest BCUT2D eigenvalue weighted by Gasteiger charge is 2.10. The van der Waals surface area contributed by atoms with Crippen molar-refractivity contribution in [1.29, 1.82) is 0 Å². The van der Waals surface area contributed by atoms with Crippen LogP contribution in [0.15, 0.2) is 47.6 Å². The molecule has 0 unspecified atom stereocenters. The molecule has 0 radical (unpaired) electrons. The number of benzene rings is 2. The molecule has 1 amide bonds. The molecule has 1 aromatic heterocycles. The molecule has 0 aliphatic heterocycles. The Kier molecular flexibility index (Phi) is 5.14. The number of halogens is 1. The molecule has 0 aliphatic rings. The molecule has 0 spiro atoms. The van der Waals surface area contributed by atoms with Gasteiger partial charge in [0.25, 0.3) is 0 Å². The SMILES string of the molecule is Cc1ccc(-c2nnc(SCC(=O)Nc3cc(F)ccc3C)[nH]2)cc1. The van der Waals surface area contributed by atoms with Gasteiger partial charge in [-0.25, -0.2) is 4.39 Å². The van der Waals surface area contributed by atoms with Gasteiger partial charge in [0.15, 0.2) is 11.0 Å². The molecule has 1 heterocycles. The molecule has 3 aromatic rings. The van der Waals surface area contributed by atoms with E-state index in [0.29, 0.717) is 16.7 Å². The molecule has 0 atom stereocenters. The van der Waals surface area contributed by atoms with Crippen LogP contribution in [0.2, 0.25) is 0 Å². The lowest BCUT2D eigenvalue weighted by atomic mass is 10.1. The van der Waals surface area contributed by atoms with Crippen molar-refractivity contribution in [3.05, 3.63) is 59.4 Å². The summed E-state index contributed by atoms with van der Waals surface area (Å²) >= 11 is 1.24. The monoisotopic (exact) mass is 356 g/mol. The minimum atomic E-state index is -0.383. The van der Waals surface area contributed by atoms with E-state index < -0.39 is 0 Å². The Bertz CT molecular complexity index is 892. The number of aromatic amines is 1. The summed E-state index contributed by atoms with van der Waals surface area (Å²) < 4.78 is 13.3. The van der Waals surface area contributed by atoms with E-state index in [1.165, 1.54) is 29.5 Å². The van der Waals surface area contributed by atoms with E-state index in [1.54, 1.807) is 6.07 Å². The molecule has 5 nitrogen and oxygen atoms in total. The summed E-state index contributed by atoms with van der Waals surface area (Å²) in [4.78, 5) is 15.1. The van der Waals surface area contributed by atoms with Crippen LogP contribution in [-0.2, 0) is 4.79 Å². The quantitative estimate of drug-likeness (QED) is 0.679. The van der Waals surface area contributed by atoms with Gasteiger partial charge in [-0.3, -0.25) is 4.79 Å². The van der Waals surface area contributed by atoms with E-state index in [9.17, 15) is 9.18 Å². The first kappa shape index (κ1) is 17.2. The van der Waals surface area contributed by atoms with Gasteiger partial charge in [0.2, 0.25) is 5.91 Å². The van der Waals surface area contributed by atoms with E-state index in [-0.39, 0.29) is 17.5 Å². The minimum Gasteiger partial charge on any atom is -0.325 e. The van der Waals surface area contributed by atoms with Crippen LogP contribution in [0.25, 0.3) is 11.4 Å². The lowest BCUT2D eigenvalue weighted by Gasteiger charge is -2.07. The third-order valence-corrected chi connectivity index (χ3v) is 4.47. The van der Waals surface area contributed by atoms with Crippen LogP contribution in [0.5, 0.6) is 0 Å². The number of hydrogen-bond donors (Lipinski definition) is 2. The van der Waals surface area contributed by atoms with Crippen LogP contribution in [0.1, 0.15) is 11.1 Å². The third-order valence-electron chi connectivity index (χ3n) is 3.60. The van der Waals surface area contributed by atoms with Crippen molar-refractivity contribution in [1.82, 2.24) is 15.2 Å². The number of carbonyl (C=O) groups excluding carboxylic acids is 1. The van der Waals surface area contributed by atoms with Gasteiger partial charge in [-0.1, -0.05) is 47.7 Å². The molecular weight excluding hydrogens is 339 g/mol. The number of thioether (sulfide) groups is 1. The zero-order valence-electron chi connectivity index (χ0n) is 13.8. The van der Waals surface area contributed by atoms with Gasteiger partial charge < -0.3 is 10.3 Å². The molecule has 0 saturated carbocycles. The summed E-state index contributed by atoms with van der Waals surface area (Å²) in [5, 5.41) is 11.4. The van der Waals surface area contributed by atoms with Crippen LogP contribution in [0.3, 0.4) is 0 Å². The van der Waals surface area contributed by atoms with Gasteiger partial charge in [-0.05, 0) is 31.5 Å². The topological polar surface area (TPSA) is 70.7 Å². The normalized spacial score (nSPS) is 10.7. The number of carbonyl (C=O) groups is 1. The fraction of sp³-hybridized carbons (Fsp3) is 0.167. The van der Waals surface area contributed by atoms with E-state index in [0.717, 1.165) is 11.1 Å². The van der Waals surface area contributed by atoms with Crippen LogP contribution in [0, 0.1) is 19.7 Å². The van der Waals surface area contributed by atoms with Gasteiger partial charge >= 0.3 is 0 Å². The fourth-order valence-corrected chi connectivity index (χ4v) is 2.81. The van der Waals surface area contributed by atoms with E-state index >= 15 is 0 Å². The first-order valence-electron chi connectivity index (χ1n) is 7.70. The molecule has 0 bridgehead atoms. The zero-order valence-corrected chi connectivity index (χ0v) is 14.7. The number of anilines is 1. The maximum Gasteiger partial charge on any atom is 0.234 e. The Morgan fingerprint density at radius 1 is 1.16 bits per heavy atom. The lowest BCUT2D eigenvalue weighted by Crippen LogP contribution is -2.15. The second-order valence-corrected chi connectivity index (χ2v) is 6.60. The van der Waals surface area contributed by atoms with Gasteiger partial charge in [-0.15, -0.1) is 10.2 Å². The molecule has 3 rings (SSSR count). The fourth-order valence-electron chi connectivity index (χ4n) is 2.20. The summed E-state index contributed by atoms with van der Waals surface area (Å²) in [6, 6.07) is 12.2. The lowest BCUT2D eigenvalue weighted by molar-refractivity contribution is -0.113. The Hall–Kier alpha value is -2.67. The number of aryl methyl sites for hydroxylation is 2. The number of H-pyrrole nitrogens is 1. The second kappa shape index (κ2) is 7.48. The Morgan fingerprint density at radius 3 is 2.68 bits per heavy atom. The maximum absolute atomic E-state index is 13.3. The van der Waals surface area contributed by atoms with Crippen molar-refractivity contribution in [3.8, 4) is 11.4 Å².